The summed E-state index contributed by atoms with van der Waals surface area (Å²) in [5, 5.41) is 2.94. The van der Waals surface area contributed by atoms with Crippen LogP contribution in [0.2, 0.25) is 5.15 Å². The van der Waals surface area contributed by atoms with Crippen LogP contribution in [0.1, 0.15) is 6.92 Å². The Morgan fingerprint density at radius 2 is 2.19 bits per heavy atom. The van der Waals surface area contributed by atoms with E-state index in [2.05, 4.69) is 15.3 Å². The molecule has 6 heteroatoms. The summed E-state index contributed by atoms with van der Waals surface area (Å²) in [7, 11) is 3.45. The molecule has 0 saturated carbocycles. The molecule has 1 aromatic rings. The van der Waals surface area contributed by atoms with E-state index in [1.54, 1.807) is 13.2 Å². The van der Waals surface area contributed by atoms with Gasteiger partial charge in [0.15, 0.2) is 11.0 Å². The first-order chi connectivity index (χ1) is 7.56. The van der Waals surface area contributed by atoms with Gasteiger partial charge in [0.2, 0.25) is 5.91 Å². The van der Waals surface area contributed by atoms with Crippen LogP contribution < -0.4 is 10.2 Å². The number of aromatic nitrogens is 2. The molecule has 1 aromatic heterocycles. The molecular formula is C10H15ClN4O. The van der Waals surface area contributed by atoms with E-state index in [1.165, 1.54) is 6.20 Å². The number of carbonyl (C=O) groups excluding carboxylic acids is 1. The van der Waals surface area contributed by atoms with Crippen LogP contribution in [-0.4, -0.2) is 36.5 Å². The van der Waals surface area contributed by atoms with Crippen LogP contribution in [0.4, 0.5) is 5.82 Å². The van der Waals surface area contributed by atoms with Gasteiger partial charge in [-0.05, 0) is 0 Å². The lowest BCUT2D eigenvalue weighted by Crippen LogP contribution is -2.34. The summed E-state index contributed by atoms with van der Waals surface area (Å²) in [6.07, 6.45) is 3.10. The lowest BCUT2D eigenvalue weighted by atomic mass is 10.1. The molecule has 1 rings (SSSR count). The van der Waals surface area contributed by atoms with Gasteiger partial charge in [-0.15, -0.1) is 0 Å². The molecule has 88 valence electrons. The predicted molar refractivity (Wildman–Crippen MR) is 63.5 cm³/mol. The zero-order valence-corrected chi connectivity index (χ0v) is 10.3. The van der Waals surface area contributed by atoms with Crippen LogP contribution in [0.15, 0.2) is 12.4 Å². The Morgan fingerprint density at radius 3 is 2.75 bits per heavy atom. The molecular weight excluding hydrogens is 228 g/mol. The number of rotatable bonds is 4. The van der Waals surface area contributed by atoms with E-state index in [4.69, 9.17) is 11.6 Å². The molecule has 0 aliphatic carbocycles. The summed E-state index contributed by atoms with van der Waals surface area (Å²) in [6, 6.07) is 0. The summed E-state index contributed by atoms with van der Waals surface area (Å²) >= 11 is 5.90. The number of carbonyl (C=O) groups is 1. The van der Waals surface area contributed by atoms with Gasteiger partial charge in [0.05, 0.1) is 5.92 Å². The number of nitrogens with zero attached hydrogens (tertiary/aromatic N) is 3. The molecule has 1 amide bonds. The van der Waals surface area contributed by atoms with Crippen molar-refractivity contribution in [3.63, 3.8) is 0 Å². The van der Waals surface area contributed by atoms with Crippen molar-refractivity contribution < 1.29 is 4.79 Å². The van der Waals surface area contributed by atoms with Gasteiger partial charge in [-0.1, -0.05) is 18.5 Å². The van der Waals surface area contributed by atoms with E-state index >= 15 is 0 Å². The van der Waals surface area contributed by atoms with Crippen molar-refractivity contribution >= 4 is 23.3 Å². The fourth-order valence-electron chi connectivity index (χ4n) is 1.40. The third-order valence-corrected chi connectivity index (χ3v) is 2.51. The van der Waals surface area contributed by atoms with Gasteiger partial charge < -0.3 is 10.2 Å². The van der Waals surface area contributed by atoms with Crippen molar-refractivity contribution in [2.24, 2.45) is 5.92 Å². The SMILES string of the molecule is CNC(=O)C(C)CN(C)c1nccnc1Cl. The normalized spacial score (nSPS) is 12.0. The second kappa shape index (κ2) is 5.65. The molecule has 1 atom stereocenters. The predicted octanol–water partition coefficient (Wildman–Crippen LogP) is 0.948. The zero-order valence-electron chi connectivity index (χ0n) is 9.57. The van der Waals surface area contributed by atoms with E-state index in [0.717, 1.165) is 0 Å². The summed E-state index contributed by atoms with van der Waals surface area (Å²) in [6.45, 7) is 2.39. The number of hydrogen-bond acceptors (Lipinski definition) is 4. The summed E-state index contributed by atoms with van der Waals surface area (Å²) in [5.74, 6) is 0.444. The number of amides is 1. The highest BCUT2D eigenvalue weighted by molar-refractivity contribution is 6.31. The third-order valence-electron chi connectivity index (χ3n) is 2.24. The first-order valence-corrected chi connectivity index (χ1v) is 5.33. The second-order valence-electron chi connectivity index (χ2n) is 3.57. The Morgan fingerprint density at radius 1 is 1.56 bits per heavy atom. The standard InChI is InChI=1S/C10H15ClN4O/c1-7(10(16)12-2)6-15(3)9-8(11)13-4-5-14-9/h4-5,7H,6H2,1-3H3,(H,12,16). The summed E-state index contributed by atoms with van der Waals surface area (Å²) in [4.78, 5) is 21.2. The van der Waals surface area contributed by atoms with Gasteiger partial charge in [-0.2, -0.15) is 0 Å². The molecule has 1 N–H and O–H groups in total. The molecule has 0 aliphatic heterocycles. The summed E-state index contributed by atoms with van der Waals surface area (Å²) in [5.41, 5.74) is 0. The van der Waals surface area contributed by atoms with Gasteiger partial charge in [-0.25, -0.2) is 9.97 Å². The molecule has 0 bridgehead atoms. The van der Waals surface area contributed by atoms with E-state index < -0.39 is 0 Å². The lowest BCUT2D eigenvalue weighted by molar-refractivity contribution is -0.123. The average molecular weight is 243 g/mol. The smallest absolute Gasteiger partial charge is 0.224 e. The number of nitrogens with one attached hydrogen (secondary N) is 1. The van der Waals surface area contributed by atoms with E-state index in [1.807, 2.05) is 18.9 Å². The van der Waals surface area contributed by atoms with Crippen molar-refractivity contribution in [1.29, 1.82) is 0 Å². The Labute approximate surface area is 99.8 Å². The number of anilines is 1. The van der Waals surface area contributed by atoms with Crippen LogP contribution in [0, 0.1) is 5.92 Å². The number of hydrogen-bond donors (Lipinski definition) is 1. The maximum atomic E-state index is 11.4. The maximum absolute atomic E-state index is 11.4. The van der Waals surface area contributed by atoms with Gasteiger partial charge in [0.1, 0.15) is 0 Å². The molecule has 1 unspecified atom stereocenters. The summed E-state index contributed by atoms with van der Waals surface area (Å²) < 4.78 is 0. The molecule has 16 heavy (non-hydrogen) atoms. The van der Waals surface area contributed by atoms with E-state index in [0.29, 0.717) is 17.5 Å². The Hall–Kier alpha value is -1.36. The molecule has 0 fully saturated rings. The van der Waals surface area contributed by atoms with Crippen molar-refractivity contribution in [3.8, 4) is 0 Å². The van der Waals surface area contributed by atoms with Gasteiger partial charge in [-0.3, -0.25) is 4.79 Å². The minimum atomic E-state index is -0.131. The molecule has 0 aliphatic rings. The first-order valence-electron chi connectivity index (χ1n) is 4.95. The lowest BCUT2D eigenvalue weighted by Gasteiger charge is -2.21. The average Bonchev–Trinajstić information content (AvgIpc) is 2.28. The number of halogens is 1. The van der Waals surface area contributed by atoms with Gasteiger partial charge >= 0.3 is 0 Å². The van der Waals surface area contributed by atoms with Crippen molar-refractivity contribution in [1.82, 2.24) is 15.3 Å². The largest absolute Gasteiger partial charge is 0.359 e. The Balaban J connectivity index is 2.69. The monoisotopic (exact) mass is 242 g/mol. The van der Waals surface area contributed by atoms with Crippen LogP contribution in [-0.2, 0) is 4.79 Å². The van der Waals surface area contributed by atoms with Crippen LogP contribution >= 0.6 is 11.6 Å². The first kappa shape index (κ1) is 12.7. The van der Waals surface area contributed by atoms with Crippen molar-refractivity contribution in [2.45, 2.75) is 6.92 Å². The fourth-order valence-corrected chi connectivity index (χ4v) is 1.65. The van der Waals surface area contributed by atoms with Crippen molar-refractivity contribution in [3.05, 3.63) is 17.5 Å². The molecule has 0 spiro atoms. The second-order valence-corrected chi connectivity index (χ2v) is 3.92. The van der Waals surface area contributed by atoms with Crippen molar-refractivity contribution in [2.75, 3.05) is 25.5 Å². The Bertz CT molecular complexity index is 372. The fraction of sp³-hybridized carbons (Fsp3) is 0.500. The Kier molecular flexibility index (Phi) is 4.49. The molecule has 5 nitrogen and oxygen atoms in total. The molecule has 0 radical (unpaired) electrons. The highest BCUT2D eigenvalue weighted by Crippen LogP contribution is 2.19. The van der Waals surface area contributed by atoms with E-state index in [-0.39, 0.29) is 11.8 Å². The highest BCUT2D eigenvalue weighted by atomic mass is 35.5. The minimum Gasteiger partial charge on any atom is -0.359 e. The van der Waals surface area contributed by atoms with E-state index in [9.17, 15) is 4.79 Å². The maximum Gasteiger partial charge on any atom is 0.224 e. The van der Waals surface area contributed by atoms with Gasteiger partial charge in [0.25, 0.3) is 0 Å². The van der Waals surface area contributed by atoms with Gasteiger partial charge in [0, 0.05) is 33.0 Å². The minimum absolute atomic E-state index is 0.00753. The topological polar surface area (TPSA) is 58.1 Å². The van der Waals surface area contributed by atoms with Crippen LogP contribution in [0.3, 0.4) is 0 Å². The molecule has 0 saturated heterocycles. The third kappa shape index (κ3) is 3.06. The van der Waals surface area contributed by atoms with Crippen LogP contribution in [0.5, 0.6) is 0 Å². The zero-order chi connectivity index (χ0) is 12.1. The molecule has 1 heterocycles. The van der Waals surface area contributed by atoms with Crippen LogP contribution in [0.25, 0.3) is 0 Å². The highest BCUT2D eigenvalue weighted by Gasteiger charge is 2.16. The molecule has 0 aromatic carbocycles. The quantitative estimate of drug-likeness (QED) is 0.854.